The van der Waals surface area contributed by atoms with E-state index in [1.54, 1.807) is 0 Å². The minimum Gasteiger partial charge on any atom is -0.469 e. The number of hydrogen-bond acceptors (Lipinski definition) is 5. The monoisotopic (exact) mass is 218 g/mol. The summed E-state index contributed by atoms with van der Waals surface area (Å²) in [6.45, 7) is 1.93. The highest BCUT2D eigenvalue weighted by Crippen LogP contribution is 2.21. The first-order valence-electron chi connectivity index (χ1n) is 4.87. The van der Waals surface area contributed by atoms with E-state index in [4.69, 9.17) is 0 Å². The summed E-state index contributed by atoms with van der Waals surface area (Å²) < 4.78 is 8.87. The molecule has 0 aromatic carbocycles. The van der Waals surface area contributed by atoms with E-state index in [2.05, 4.69) is 9.47 Å². The van der Waals surface area contributed by atoms with E-state index in [1.165, 1.54) is 14.2 Å². The van der Waals surface area contributed by atoms with Gasteiger partial charge >= 0.3 is 11.9 Å². The number of ether oxygens (including phenoxy) is 2. The van der Waals surface area contributed by atoms with Gasteiger partial charge in [-0.2, -0.15) is 0 Å². The van der Waals surface area contributed by atoms with E-state index in [0.29, 0.717) is 6.42 Å². The highest BCUT2D eigenvalue weighted by molar-refractivity contribution is 5.85. The molecule has 5 nitrogen and oxygen atoms in total. The van der Waals surface area contributed by atoms with Crippen molar-refractivity contribution < 1.29 is 24.2 Å². The van der Waals surface area contributed by atoms with Crippen molar-refractivity contribution in [3.05, 3.63) is 0 Å². The molecule has 15 heavy (non-hydrogen) atoms. The van der Waals surface area contributed by atoms with Crippen molar-refractivity contribution in [2.75, 3.05) is 14.2 Å². The zero-order valence-electron chi connectivity index (χ0n) is 9.41. The normalized spacial score (nSPS) is 14.1. The van der Waals surface area contributed by atoms with Crippen LogP contribution in [0.25, 0.3) is 0 Å². The second-order valence-electron chi connectivity index (χ2n) is 3.38. The van der Waals surface area contributed by atoms with E-state index in [9.17, 15) is 14.7 Å². The Balaban J connectivity index is 4.53. The fraction of sp³-hybridized carbons (Fsp3) is 0.800. The van der Waals surface area contributed by atoms with E-state index in [0.717, 1.165) is 6.42 Å². The van der Waals surface area contributed by atoms with Crippen LogP contribution in [-0.4, -0.2) is 36.9 Å². The Labute approximate surface area is 89.4 Å². The zero-order valence-corrected chi connectivity index (χ0v) is 9.41. The van der Waals surface area contributed by atoms with Gasteiger partial charge in [0.1, 0.15) is 0 Å². The van der Waals surface area contributed by atoms with Gasteiger partial charge in [-0.05, 0) is 6.42 Å². The molecule has 0 aromatic heterocycles. The Kier molecular flexibility index (Phi) is 5.93. The van der Waals surface area contributed by atoms with Gasteiger partial charge in [-0.25, -0.2) is 4.79 Å². The molecule has 0 radical (unpaired) electrons. The second kappa shape index (κ2) is 6.40. The maximum absolute atomic E-state index is 11.3. The lowest BCUT2D eigenvalue weighted by molar-refractivity contribution is -0.170. The van der Waals surface area contributed by atoms with E-state index >= 15 is 0 Å². The third-order valence-electron chi connectivity index (χ3n) is 2.17. The molecule has 0 aliphatic heterocycles. The molecule has 88 valence electrons. The summed E-state index contributed by atoms with van der Waals surface area (Å²) in [6.07, 6.45) is 1.30. The zero-order chi connectivity index (χ0) is 11.9. The number of carbonyl (C=O) groups is 2. The Morgan fingerprint density at radius 2 is 1.87 bits per heavy atom. The number of esters is 2. The lowest BCUT2D eigenvalue weighted by Crippen LogP contribution is -2.42. The molecular formula is C10H18O5. The van der Waals surface area contributed by atoms with E-state index in [1.807, 2.05) is 6.92 Å². The maximum atomic E-state index is 11.3. The maximum Gasteiger partial charge on any atom is 0.338 e. The van der Waals surface area contributed by atoms with Crippen molar-refractivity contribution in [2.45, 2.75) is 38.2 Å². The lowest BCUT2D eigenvalue weighted by Gasteiger charge is -2.23. The van der Waals surface area contributed by atoms with Crippen LogP contribution in [0.15, 0.2) is 0 Å². The smallest absolute Gasteiger partial charge is 0.338 e. The average molecular weight is 218 g/mol. The third-order valence-corrected chi connectivity index (χ3v) is 2.17. The highest BCUT2D eigenvalue weighted by atomic mass is 16.5. The fourth-order valence-electron chi connectivity index (χ4n) is 1.23. The van der Waals surface area contributed by atoms with Crippen LogP contribution >= 0.6 is 0 Å². The standard InChI is InChI=1S/C10H18O5/c1-4-5-6-10(13,9(12)15-3)7-8(11)14-2/h13H,4-7H2,1-3H3. The molecule has 0 aliphatic carbocycles. The SMILES string of the molecule is CCCCC(O)(CC(=O)OC)C(=O)OC. The van der Waals surface area contributed by atoms with Crippen LogP contribution in [0.5, 0.6) is 0 Å². The number of methoxy groups -OCH3 is 2. The largest absolute Gasteiger partial charge is 0.469 e. The van der Waals surface area contributed by atoms with Crippen molar-refractivity contribution in [3.63, 3.8) is 0 Å². The topological polar surface area (TPSA) is 72.8 Å². The van der Waals surface area contributed by atoms with Crippen LogP contribution in [0.4, 0.5) is 0 Å². The molecule has 0 fully saturated rings. The molecule has 0 amide bonds. The summed E-state index contributed by atoms with van der Waals surface area (Å²) in [4.78, 5) is 22.3. The summed E-state index contributed by atoms with van der Waals surface area (Å²) >= 11 is 0. The van der Waals surface area contributed by atoms with Crippen molar-refractivity contribution in [1.29, 1.82) is 0 Å². The fourth-order valence-corrected chi connectivity index (χ4v) is 1.23. The van der Waals surface area contributed by atoms with Crippen LogP contribution in [-0.2, 0) is 19.1 Å². The van der Waals surface area contributed by atoms with Gasteiger partial charge in [0.2, 0.25) is 0 Å². The number of rotatable bonds is 6. The van der Waals surface area contributed by atoms with Crippen LogP contribution < -0.4 is 0 Å². The van der Waals surface area contributed by atoms with Gasteiger partial charge in [-0.3, -0.25) is 4.79 Å². The third kappa shape index (κ3) is 4.29. The predicted molar refractivity (Wildman–Crippen MR) is 53.1 cm³/mol. The summed E-state index contributed by atoms with van der Waals surface area (Å²) in [5.41, 5.74) is -1.75. The first-order chi connectivity index (χ1) is 7.00. The van der Waals surface area contributed by atoms with Gasteiger partial charge in [0, 0.05) is 0 Å². The molecule has 0 heterocycles. The van der Waals surface area contributed by atoms with Crippen LogP contribution in [0.3, 0.4) is 0 Å². The first-order valence-corrected chi connectivity index (χ1v) is 4.87. The number of carbonyl (C=O) groups excluding carboxylic acids is 2. The molecule has 0 spiro atoms. The van der Waals surface area contributed by atoms with Gasteiger partial charge in [0.15, 0.2) is 5.60 Å². The molecule has 0 aliphatic rings. The van der Waals surface area contributed by atoms with Crippen LogP contribution in [0.1, 0.15) is 32.6 Å². The molecule has 0 saturated carbocycles. The van der Waals surface area contributed by atoms with Crippen molar-refractivity contribution in [3.8, 4) is 0 Å². The Hall–Kier alpha value is -1.10. The van der Waals surface area contributed by atoms with E-state index in [-0.39, 0.29) is 12.8 Å². The molecule has 1 atom stereocenters. The minimum atomic E-state index is -1.75. The first kappa shape index (κ1) is 13.9. The Morgan fingerprint density at radius 1 is 1.27 bits per heavy atom. The quantitative estimate of drug-likeness (QED) is 0.662. The molecule has 0 aromatic rings. The number of aliphatic hydroxyl groups is 1. The molecule has 1 unspecified atom stereocenters. The average Bonchev–Trinajstić information content (AvgIpc) is 2.24. The Bertz CT molecular complexity index is 226. The lowest BCUT2D eigenvalue weighted by atomic mass is 9.93. The molecule has 0 saturated heterocycles. The summed E-state index contributed by atoms with van der Waals surface area (Å²) in [5.74, 6) is -1.42. The summed E-state index contributed by atoms with van der Waals surface area (Å²) in [5, 5.41) is 9.94. The van der Waals surface area contributed by atoms with Gasteiger partial charge in [-0.15, -0.1) is 0 Å². The van der Waals surface area contributed by atoms with Crippen molar-refractivity contribution in [1.82, 2.24) is 0 Å². The molecule has 5 heteroatoms. The van der Waals surface area contributed by atoms with Gasteiger partial charge < -0.3 is 14.6 Å². The van der Waals surface area contributed by atoms with Gasteiger partial charge in [0.05, 0.1) is 20.6 Å². The molecule has 0 bridgehead atoms. The van der Waals surface area contributed by atoms with Crippen molar-refractivity contribution in [2.24, 2.45) is 0 Å². The molecule has 1 N–H and O–H groups in total. The summed E-state index contributed by atoms with van der Waals surface area (Å²) in [6, 6.07) is 0. The van der Waals surface area contributed by atoms with E-state index < -0.39 is 17.5 Å². The number of hydrogen-bond donors (Lipinski definition) is 1. The van der Waals surface area contributed by atoms with Gasteiger partial charge in [0.25, 0.3) is 0 Å². The Morgan fingerprint density at radius 3 is 2.27 bits per heavy atom. The van der Waals surface area contributed by atoms with Crippen molar-refractivity contribution >= 4 is 11.9 Å². The summed E-state index contributed by atoms with van der Waals surface area (Å²) in [7, 11) is 2.39. The minimum absolute atomic E-state index is 0.200. The number of unbranched alkanes of at least 4 members (excludes halogenated alkanes) is 1. The van der Waals surface area contributed by atoms with Crippen LogP contribution in [0, 0.1) is 0 Å². The highest BCUT2D eigenvalue weighted by Gasteiger charge is 2.39. The predicted octanol–water partition coefficient (Wildman–Crippen LogP) is 0.644. The molecule has 0 rings (SSSR count). The van der Waals surface area contributed by atoms with Crippen LogP contribution in [0.2, 0.25) is 0 Å². The second-order valence-corrected chi connectivity index (χ2v) is 3.38. The van der Waals surface area contributed by atoms with Gasteiger partial charge in [-0.1, -0.05) is 19.8 Å². The molecular weight excluding hydrogens is 200 g/mol.